The highest BCUT2D eigenvalue weighted by Crippen LogP contribution is 2.37. The van der Waals surface area contributed by atoms with Crippen LogP contribution >= 0.6 is 0 Å². The minimum atomic E-state index is -0.466. The molecule has 1 aliphatic heterocycles. The van der Waals surface area contributed by atoms with E-state index in [1.54, 1.807) is 18.2 Å². The fourth-order valence-corrected chi connectivity index (χ4v) is 3.12. The summed E-state index contributed by atoms with van der Waals surface area (Å²) in [7, 11) is 0. The van der Waals surface area contributed by atoms with Crippen molar-refractivity contribution in [2.45, 2.75) is 31.7 Å². The molecular weight excluding hydrogens is 326 g/mol. The van der Waals surface area contributed by atoms with Gasteiger partial charge in [-0.15, -0.1) is 0 Å². The Morgan fingerprint density at radius 3 is 2.68 bits per heavy atom. The molecule has 9 heteroatoms. The van der Waals surface area contributed by atoms with E-state index in [0.717, 1.165) is 25.7 Å². The molecule has 0 saturated heterocycles. The monoisotopic (exact) mass is 343 g/mol. The van der Waals surface area contributed by atoms with Gasteiger partial charge in [-0.1, -0.05) is 12.8 Å². The van der Waals surface area contributed by atoms with Gasteiger partial charge in [0.05, 0.1) is 4.92 Å². The van der Waals surface area contributed by atoms with Crippen LogP contribution in [0, 0.1) is 10.1 Å². The summed E-state index contributed by atoms with van der Waals surface area (Å²) in [6.45, 7) is 0.169. The highest BCUT2D eigenvalue weighted by molar-refractivity contribution is 5.74. The van der Waals surface area contributed by atoms with Crippen LogP contribution < -0.4 is 20.1 Å². The normalized spacial score (nSPS) is 16.0. The minimum Gasteiger partial charge on any atom is -0.454 e. The van der Waals surface area contributed by atoms with Gasteiger partial charge in [0.25, 0.3) is 0 Å². The molecule has 2 aliphatic rings. The lowest BCUT2D eigenvalue weighted by Gasteiger charge is -2.14. The molecule has 0 amide bonds. The zero-order chi connectivity index (χ0) is 17.2. The first kappa shape index (κ1) is 15.4. The number of anilines is 3. The van der Waals surface area contributed by atoms with Gasteiger partial charge in [-0.2, -0.15) is 0 Å². The van der Waals surface area contributed by atoms with E-state index in [1.807, 2.05) is 0 Å². The zero-order valence-corrected chi connectivity index (χ0v) is 13.4. The smallest absolute Gasteiger partial charge is 0.353 e. The Labute approximate surface area is 143 Å². The van der Waals surface area contributed by atoms with Crippen LogP contribution in [0.25, 0.3) is 0 Å². The quantitative estimate of drug-likeness (QED) is 0.629. The molecule has 1 saturated carbocycles. The summed E-state index contributed by atoms with van der Waals surface area (Å²) in [5, 5.41) is 17.8. The van der Waals surface area contributed by atoms with Crippen molar-refractivity contribution in [3.05, 3.63) is 34.6 Å². The van der Waals surface area contributed by atoms with Gasteiger partial charge in [-0.25, -0.2) is 9.97 Å². The average molecular weight is 343 g/mol. The van der Waals surface area contributed by atoms with Crippen molar-refractivity contribution < 1.29 is 14.4 Å². The van der Waals surface area contributed by atoms with Crippen LogP contribution in [0.5, 0.6) is 11.5 Å². The first-order chi connectivity index (χ1) is 12.2. The summed E-state index contributed by atoms with van der Waals surface area (Å²) in [5.41, 5.74) is 0.463. The van der Waals surface area contributed by atoms with E-state index in [-0.39, 0.29) is 30.2 Å². The van der Waals surface area contributed by atoms with E-state index in [1.165, 1.54) is 6.33 Å². The number of fused-ring (bicyclic) bond motifs is 1. The second-order valence-electron chi connectivity index (χ2n) is 6.00. The highest BCUT2D eigenvalue weighted by atomic mass is 16.7. The average Bonchev–Trinajstić information content (AvgIpc) is 3.25. The lowest BCUT2D eigenvalue weighted by molar-refractivity contribution is -0.383. The van der Waals surface area contributed by atoms with Crippen molar-refractivity contribution in [3.63, 3.8) is 0 Å². The van der Waals surface area contributed by atoms with Gasteiger partial charge in [0.1, 0.15) is 6.33 Å². The van der Waals surface area contributed by atoms with Crippen LogP contribution in [0.2, 0.25) is 0 Å². The lowest BCUT2D eigenvalue weighted by atomic mass is 10.2. The van der Waals surface area contributed by atoms with Crippen LogP contribution in [0.15, 0.2) is 24.5 Å². The number of rotatable bonds is 5. The lowest BCUT2D eigenvalue weighted by Crippen LogP contribution is -2.17. The number of ether oxygens (including phenoxy) is 2. The molecule has 0 spiro atoms. The molecule has 130 valence electrons. The summed E-state index contributed by atoms with van der Waals surface area (Å²) in [5.74, 6) is 1.62. The predicted octanol–water partition coefficient (Wildman–Crippen LogP) is 3.21. The largest absolute Gasteiger partial charge is 0.454 e. The molecule has 0 unspecified atom stereocenters. The van der Waals surface area contributed by atoms with E-state index in [4.69, 9.17) is 9.47 Å². The van der Waals surface area contributed by atoms with Crippen LogP contribution in [0.4, 0.5) is 23.0 Å². The van der Waals surface area contributed by atoms with Gasteiger partial charge in [0, 0.05) is 17.8 Å². The summed E-state index contributed by atoms with van der Waals surface area (Å²) in [6, 6.07) is 5.43. The van der Waals surface area contributed by atoms with Crippen LogP contribution in [-0.4, -0.2) is 27.7 Å². The number of nitro groups is 1. The van der Waals surface area contributed by atoms with Crippen molar-refractivity contribution in [3.8, 4) is 11.5 Å². The maximum atomic E-state index is 11.6. The fourth-order valence-electron chi connectivity index (χ4n) is 3.12. The summed E-state index contributed by atoms with van der Waals surface area (Å²) in [6.07, 6.45) is 5.55. The first-order valence-corrected chi connectivity index (χ1v) is 8.13. The van der Waals surface area contributed by atoms with Gasteiger partial charge in [0.15, 0.2) is 11.5 Å². The Morgan fingerprint density at radius 2 is 1.88 bits per heavy atom. The van der Waals surface area contributed by atoms with Crippen molar-refractivity contribution in [2.75, 3.05) is 17.4 Å². The molecule has 2 N–H and O–H groups in total. The highest BCUT2D eigenvalue weighted by Gasteiger charge is 2.26. The molecule has 0 radical (unpaired) electrons. The zero-order valence-electron chi connectivity index (χ0n) is 13.4. The SMILES string of the molecule is O=[N+]([O-])c1c(Nc2ccc3c(c2)OCO3)ncnc1NC1CCCC1. The van der Waals surface area contributed by atoms with Gasteiger partial charge in [-0.3, -0.25) is 10.1 Å². The van der Waals surface area contributed by atoms with Crippen LogP contribution in [0.3, 0.4) is 0 Å². The molecule has 0 atom stereocenters. The molecule has 1 fully saturated rings. The number of hydrogen-bond acceptors (Lipinski definition) is 8. The number of aromatic nitrogens is 2. The van der Waals surface area contributed by atoms with E-state index < -0.39 is 4.92 Å². The topological polar surface area (TPSA) is 111 Å². The molecule has 2 aromatic rings. The molecule has 2 heterocycles. The van der Waals surface area contributed by atoms with Gasteiger partial charge in [0.2, 0.25) is 18.4 Å². The van der Waals surface area contributed by atoms with Crippen molar-refractivity contribution >= 4 is 23.0 Å². The van der Waals surface area contributed by atoms with E-state index in [9.17, 15) is 10.1 Å². The number of nitrogens with zero attached hydrogens (tertiary/aromatic N) is 3. The first-order valence-electron chi connectivity index (χ1n) is 8.13. The fraction of sp³-hybridized carbons (Fsp3) is 0.375. The van der Waals surface area contributed by atoms with Crippen molar-refractivity contribution in [1.29, 1.82) is 0 Å². The standard InChI is InChI=1S/C16H17N5O4/c22-21(23)14-15(19-10-3-1-2-4-10)17-8-18-16(14)20-11-5-6-12-13(7-11)25-9-24-12/h5-8,10H,1-4,9H2,(H2,17,18,19,20). The molecule has 1 aromatic carbocycles. The molecule has 1 aliphatic carbocycles. The Kier molecular flexibility index (Phi) is 3.96. The van der Waals surface area contributed by atoms with E-state index in [2.05, 4.69) is 20.6 Å². The van der Waals surface area contributed by atoms with E-state index >= 15 is 0 Å². The molecule has 1 aromatic heterocycles. The molecule has 4 rings (SSSR count). The van der Waals surface area contributed by atoms with Gasteiger partial charge in [-0.05, 0) is 25.0 Å². The van der Waals surface area contributed by atoms with E-state index in [0.29, 0.717) is 17.2 Å². The number of benzene rings is 1. The molecule has 9 nitrogen and oxygen atoms in total. The second kappa shape index (κ2) is 6.42. The Bertz CT molecular complexity index is 807. The Balaban J connectivity index is 1.63. The third-order valence-electron chi connectivity index (χ3n) is 4.34. The number of hydrogen-bond donors (Lipinski definition) is 2. The Morgan fingerprint density at radius 1 is 1.12 bits per heavy atom. The maximum Gasteiger partial charge on any atom is 0.353 e. The minimum absolute atomic E-state index is 0.138. The maximum absolute atomic E-state index is 11.6. The second-order valence-corrected chi connectivity index (χ2v) is 6.00. The van der Waals surface area contributed by atoms with Gasteiger partial charge < -0.3 is 20.1 Å². The summed E-state index contributed by atoms with van der Waals surface area (Å²) < 4.78 is 10.6. The molecular formula is C16H17N5O4. The Hall–Kier alpha value is -3.10. The van der Waals surface area contributed by atoms with Gasteiger partial charge >= 0.3 is 5.69 Å². The van der Waals surface area contributed by atoms with Crippen molar-refractivity contribution in [1.82, 2.24) is 9.97 Å². The van der Waals surface area contributed by atoms with Crippen LogP contribution in [0.1, 0.15) is 25.7 Å². The third kappa shape index (κ3) is 3.12. The summed E-state index contributed by atoms with van der Waals surface area (Å²) >= 11 is 0. The predicted molar refractivity (Wildman–Crippen MR) is 90.4 cm³/mol. The van der Waals surface area contributed by atoms with Crippen LogP contribution in [-0.2, 0) is 0 Å². The molecule has 0 bridgehead atoms. The third-order valence-corrected chi connectivity index (χ3v) is 4.34. The molecule has 25 heavy (non-hydrogen) atoms. The van der Waals surface area contributed by atoms with Crippen molar-refractivity contribution in [2.24, 2.45) is 0 Å². The number of nitrogens with one attached hydrogen (secondary N) is 2. The summed E-state index contributed by atoms with van der Waals surface area (Å²) in [4.78, 5) is 19.3.